The standard InChI is InChI=1S/C15H20F4N2/c1-9-5-10(9)8-21(2)14(7-20)12-4-3-11(16)6-13(12)15(17,18)19/h3-4,6,9-10,14H,5,7-8,20H2,1-2H3. The van der Waals surface area contributed by atoms with E-state index >= 15 is 0 Å². The first kappa shape index (κ1) is 16.2. The first-order valence-corrected chi connectivity index (χ1v) is 7.01. The Morgan fingerprint density at radius 1 is 1.38 bits per heavy atom. The van der Waals surface area contributed by atoms with Crippen LogP contribution in [0.5, 0.6) is 0 Å². The predicted molar refractivity (Wildman–Crippen MR) is 73.1 cm³/mol. The number of rotatable bonds is 5. The Morgan fingerprint density at radius 2 is 2.00 bits per heavy atom. The number of hydrogen-bond acceptors (Lipinski definition) is 2. The van der Waals surface area contributed by atoms with E-state index < -0.39 is 23.6 Å². The number of nitrogens with zero attached hydrogens (tertiary/aromatic N) is 1. The van der Waals surface area contributed by atoms with Gasteiger partial charge in [-0.15, -0.1) is 0 Å². The lowest BCUT2D eigenvalue weighted by Crippen LogP contribution is -2.33. The molecule has 0 aromatic heterocycles. The molecule has 118 valence electrons. The molecule has 2 nitrogen and oxygen atoms in total. The quantitative estimate of drug-likeness (QED) is 0.845. The van der Waals surface area contributed by atoms with Crippen LogP contribution in [-0.2, 0) is 6.18 Å². The van der Waals surface area contributed by atoms with Gasteiger partial charge in [0.05, 0.1) is 5.56 Å². The zero-order valence-corrected chi connectivity index (χ0v) is 12.1. The van der Waals surface area contributed by atoms with E-state index in [1.807, 2.05) is 4.90 Å². The molecule has 6 heteroatoms. The van der Waals surface area contributed by atoms with Crippen molar-refractivity contribution in [3.8, 4) is 0 Å². The average Bonchev–Trinajstić information content (AvgIpc) is 3.06. The van der Waals surface area contributed by atoms with Crippen molar-refractivity contribution in [3.05, 3.63) is 35.1 Å². The Bertz CT molecular complexity index is 501. The monoisotopic (exact) mass is 304 g/mol. The van der Waals surface area contributed by atoms with E-state index in [4.69, 9.17) is 5.73 Å². The summed E-state index contributed by atoms with van der Waals surface area (Å²) in [6, 6.07) is 2.24. The van der Waals surface area contributed by atoms with E-state index in [-0.39, 0.29) is 12.1 Å². The molecule has 1 aromatic carbocycles. The number of hydrogen-bond donors (Lipinski definition) is 1. The molecule has 0 saturated heterocycles. The van der Waals surface area contributed by atoms with Crippen LogP contribution in [-0.4, -0.2) is 25.0 Å². The second-order valence-electron chi connectivity index (χ2n) is 5.89. The Kier molecular flexibility index (Phi) is 4.58. The Labute approximate surface area is 121 Å². The van der Waals surface area contributed by atoms with E-state index in [0.29, 0.717) is 24.4 Å². The van der Waals surface area contributed by atoms with Crippen molar-refractivity contribution in [2.45, 2.75) is 25.6 Å². The zero-order chi connectivity index (χ0) is 15.8. The summed E-state index contributed by atoms with van der Waals surface area (Å²) in [4.78, 5) is 1.84. The second kappa shape index (κ2) is 5.93. The second-order valence-corrected chi connectivity index (χ2v) is 5.89. The largest absolute Gasteiger partial charge is 0.416 e. The first-order valence-electron chi connectivity index (χ1n) is 7.01. The fourth-order valence-electron chi connectivity index (χ4n) is 2.76. The number of alkyl halides is 3. The smallest absolute Gasteiger partial charge is 0.329 e. The molecule has 21 heavy (non-hydrogen) atoms. The van der Waals surface area contributed by atoms with Gasteiger partial charge in [-0.1, -0.05) is 13.0 Å². The van der Waals surface area contributed by atoms with Gasteiger partial charge in [0, 0.05) is 19.1 Å². The lowest BCUT2D eigenvalue weighted by atomic mass is 9.98. The van der Waals surface area contributed by atoms with Crippen LogP contribution in [0.25, 0.3) is 0 Å². The van der Waals surface area contributed by atoms with Gasteiger partial charge in [-0.3, -0.25) is 4.90 Å². The van der Waals surface area contributed by atoms with Crippen molar-refractivity contribution < 1.29 is 17.6 Å². The minimum Gasteiger partial charge on any atom is -0.329 e. The summed E-state index contributed by atoms with van der Waals surface area (Å²) in [5.74, 6) is 0.236. The minimum absolute atomic E-state index is 0.0437. The highest BCUT2D eigenvalue weighted by Crippen LogP contribution is 2.41. The van der Waals surface area contributed by atoms with Gasteiger partial charge in [-0.25, -0.2) is 4.39 Å². The van der Waals surface area contributed by atoms with E-state index in [2.05, 4.69) is 6.92 Å². The molecule has 0 aliphatic heterocycles. The van der Waals surface area contributed by atoms with Crippen LogP contribution in [0, 0.1) is 17.7 Å². The van der Waals surface area contributed by atoms with Crippen molar-refractivity contribution in [2.24, 2.45) is 17.6 Å². The Balaban J connectivity index is 2.28. The van der Waals surface area contributed by atoms with Crippen molar-refractivity contribution in [1.82, 2.24) is 4.90 Å². The molecule has 3 atom stereocenters. The Morgan fingerprint density at radius 3 is 2.48 bits per heavy atom. The summed E-state index contributed by atoms with van der Waals surface area (Å²) in [6.45, 7) is 2.89. The molecule has 0 amide bonds. The van der Waals surface area contributed by atoms with Gasteiger partial charge in [0.1, 0.15) is 5.82 Å². The van der Waals surface area contributed by atoms with Crippen molar-refractivity contribution in [3.63, 3.8) is 0 Å². The molecular formula is C15H20F4N2. The first-order chi connectivity index (χ1) is 9.74. The normalized spacial score (nSPS) is 23.4. The summed E-state index contributed by atoms with van der Waals surface area (Å²) < 4.78 is 52.5. The van der Waals surface area contributed by atoms with Gasteiger partial charge in [0.2, 0.25) is 0 Å². The maximum Gasteiger partial charge on any atom is 0.416 e. The summed E-state index contributed by atoms with van der Waals surface area (Å²) >= 11 is 0. The highest BCUT2D eigenvalue weighted by atomic mass is 19.4. The van der Waals surface area contributed by atoms with E-state index in [1.165, 1.54) is 6.07 Å². The lowest BCUT2D eigenvalue weighted by molar-refractivity contribution is -0.138. The zero-order valence-electron chi connectivity index (χ0n) is 12.1. The van der Waals surface area contributed by atoms with Crippen molar-refractivity contribution in [2.75, 3.05) is 20.1 Å². The van der Waals surface area contributed by atoms with Crippen LogP contribution in [0.3, 0.4) is 0 Å². The van der Waals surface area contributed by atoms with Gasteiger partial charge in [-0.2, -0.15) is 13.2 Å². The van der Waals surface area contributed by atoms with Crippen LogP contribution in [0.4, 0.5) is 17.6 Å². The predicted octanol–water partition coefficient (Wildman–Crippen LogP) is 3.43. The third kappa shape index (κ3) is 3.74. The topological polar surface area (TPSA) is 29.3 Å². The molecule has 1 aromatic rings. The molecular weight excluding hydrogens is 284 g/mol. The summed E-state index contributed by atoms with van der Waals surface area (Å²) in [5, 5.41) is 0. The lowest BCUT2D eigenvalue weighted by Gasteiger charge is -2.29. The van der Waals surface area contributed by atoms with Crippen molar-refractivity contribution in [1.29, 1.82) is 0 Å². The molecule has 0 spiro atoms. The van der Waals surface area contributed by atoms with Crippen LogP contribution >= 0.6 is 0 Å². The molecule has 0 radical (unpaired) electrons. The molecule has 2 rings (SSSR count). The summed E-state index contributed by atoms with van der Waals surface area (Å²) in [5.41, 5.74) is 4.79. The SMILES string of the molecule is CC1CC1CN(C)C(CN)c1ccc(F)cc1C(F)(F)F. The molecule has 0 bridgehead atoms. The van der Waals surface area contributed by atoms with Crippen LogP contribution in [0.2, 0.25) is 0 Å². The molecule has 1 aliphatic rings. The van der Waals surface area contributed by atoms with Gasteiger partial charge < -0.3 is 5.73 Å². The number of likely N-dealkylation sites (N-methyl/N-ethyl adjacent to an activating group) is 1. The van der Waals surface area contributed by atoms with Gasteiger partial charge >= 0.3 is 6.18 Å². The fourth-order valence-corrected chi connectivity index (χ4v) is 2.76. The highest BCUT2D eigenvalue weighted by molar-refractivity contribution is 5.33. The van der Waals surface area contributed by atoms with E-state index in [9.17, 15) is 17.6 Å². The maximum atomic E-state index is 13.2. The Hall–Kier alpha value is -1.14. The molecule has 1 fully saturated rings. The van der Waals surface area contributed by atoms with Gasteiger partial charge in [0.25, 0.3) is 0 Å². The maximum absolute atomic E-state index is 13.2. The van der Waals surface area contributed by atoms with Gasteiger partial charge in [0.15, 0.2) is 0 Å². The molecule has 0 heterocycles. The highest BCUT2D eigenvalue weighted by Gasteiger charge is 2.38. The van der Waals surface area contributed by atoms with Gasteiger partial charge in [-0.05, 0) is 43.0 Å². The molecule has 2 N–H and O–H groups in total. The van der Waals surface area contributed by atoms with Crippen LogP contribution < -0.4 is 5.73 Å². The van der Waals surface area contributed by atoms with Crippen molar-refractivity contribution >= 4 is 0 Å². The molecule has 1 aliphatic carbocycles. The molecule has 3 unspecified atom stereocenters. The fraction of sp³-hybridized carbons (Fsp3) is 0.600. The third-order valence-corrected chi connectivity index (χ3v) is 4.23. The summed E-state index contributed by atoms with van der Waals surface area (Å²) in [6.07, 6.45) is -3.49. The summed E-state index contributed by atoms with van der Waals surface area (Å²) in [7, 11) is 1.77. The number of halogens is 4. The minimum atomic E-state index is -4.58. The average molecular weight is 304 g/mol. The van der Waals surface area contributed by atoms with Crippen LogP contribution in [0.15, 0.2) is 18.2 Å². The van der Waals surface area contributed by atoms with E-state index in [0.717, 1.165) is 12.5 Å². The van der Waals surface area contributed by atoms with Crippen LogP contribution in [0.1, 0.15) is 30.5 Å². The van der Waals surface area contributed by atoms with E-state index in [1.54, 1.807) is 7.05 Å². The molecule has 1 saturated carbocycles. The number of benzene rings is 1. The third-order valence-electron chi connectivity index (χ3n) is 4.23. The number of nitrogens with two attached hydrogens (primary N) is 1.